The molecule has 1 amide bonds. The monoisotopic (exact) mass is 295 g/mol. The standard InChI is InChI=1S/C15H22ClN3O/c1-4-13-9-12(10-14(16)17-13)15(20)19-7-5-18(6-8-19)11(2)3/h9-11H,4-8H2,1-3H3. The summed E-state index contributed by atoms with van der Waals surface area (Å²) < 4.78 is 0. The molecule has 0 saturated carbocycles. The number of hydrogen-bond donors (Lipinski definition) is 0. The minimum absolute atomic E-state index is 0.0624. The minimum atomic E-state index is 0.0624. The maximum atomic E-state index is 12.5. The molecule has 0 aliphatic carbocycles. The van der Waals surface area contributed by atoms with E-state index in [0.717, 1.165) is 38.3 Å². The number of aryl methyl sites for hydroxylation is 1. The van der Waals surface area contributed by atoms with Crippen LogP contribution in [0.25, 0.3) is 0 Å². The van der Waals surface area contributed by atoms with Gasteiger partial charge in [0.1, 0.15) is 5.15 Å². The second kappa shape index (κ2) is 6.55. The summed E-state index contributed by atoms with van der Waals surface area (Å²) in [7, 11) is 0. The van der Waals surface area contributed by atoms with Crippen LogP contribution in [0.5, 0.6) is 0 Å². The maximum absolute atomic E-state index is 12.5. The van der Waals surface area contributed by atoms with Gasteiger partial charge in [0.15, 0.2) is 0 Å². The first-order valence-electron chi connectivity index (χ1n) is 7.21. The molecule has 1 aliphatic heterocycles. The van der Waals surface area contributed by atoms with E-state index in [0.29, 0.717) is 16.8 Å². The Kier molecular flexibility index (Phi) is 5.00. The molecule has 1 fully saturated rings. The first-order chi connectivity index (χ1) is 9.51. The third-order valence-corrected chi connectivity index (χ3v) is 3.98. The normalized spacial score (nSPS) is 16.8. The summed E-state index contributed by atoms with van der Waals surface area (Å²) in [5.74, 6) is 0.0624. The lowest BCUT2D eigenvalue weighted by molar-refractivity contribution is 0.0595. The van der Waals surface area contributed by atoms with E-state index in [1.807, 2.05) is 17.9 Å². The maximum Gasteiger partial charge on any atom is 0.254 e. The lowest BCUT2D eigenvalue weighted by Gasteiger charge is -2.37. The number of aromatic nitrogens is 1. The third kappa shape index (κ3) is 3.49. The zero-order chi connectivity index (χ0) is 14.7. The lowest BCUT2D eigenvalue weighted by atomic mass is 10.1. The molecule has 2 heterocycles. The van der Waals surface area contributed by atoms with E-state index in [1.165, 1.54) is 0 Å². The van der Waals surface area contributed by atoms with Crippen LogP contribution in [0.2, 0.25) is 5.15 Å². The fourth-order valence-corrected chi connectivity index (χ4v) is 2.71. The second-order valence-corrected chi connectivity index (χ2v) is 5.83. The summed E-state index contributed by atoms with van der Waals surface area (Å²) in [6.45, 7) is 9.80. The zero-order valence-corrected chi connectivity index (χ0v) is 13.2. The van der Waals surface area contributed by atoms with Gasteiger partial charge < -0.3 is 4.90 Å². The number of carbonyl (C=O) groups is 1. The molecule has 0 spiro atoms. The fraction of sp³-hybridized carbons (Fsp3) is 0.600. The highest BCUT2D eigenvalue weighted by Crippen LogP contribution is 2.15. The Balaban J connectivity index is 2.07. The molecule has 0 N–H and O–H groups in total. The van der Waals surface area contributed by atoms with Gasteiger partial charge in [-0.2, -0.15) is 0 Å². The predicted octanol–water partition coefficient (Wildman–Crippen LogP) is 2.46. The van der Waals surface area contributed by atoms with E-state index < -0.39 is 0 Å². The van der Waals surface area contributed by atoms with E-state index in [2.05, 4.69) is 23.7 Å². The zero-order valence-electron chi connectivity index (χ0n) is 12.4. The second-order valence-electron chi connectivity index (χ2n) is 5.45. The molecule has 0 unspecified atom stereocenters. The summed E-state index contributed by atoms with van der Waals surface area (Å²) in [5.41, 5.74) is 1.52. The van der Waals surface area contributed by atoms with E-state index >= 15 is 0 Å². The third-order valence-electron chi connectivity index (χ3n) is 3.79. The van der Waals surface area contributed by atoms with Crippen LogP contribution in [-0.2, 0) is 6.42 Å². The molecule has 20 heavy (non-hydrogen) atoms. The number of hydrogen-bond acceptors (Lipinski definition) is 3. The van der Waals surface area contributed by atoms with E-state index in [1.54, 1.807) is 6.07 Å². The topological polar surface area (TPSA) is 36.4 Å². The van der Waals surface area contributed by atoms with Crippen molar-refractivity contribution in [2.24, 2.45) is 0 Å². The lowest BCUT2D eigenvalue weighted by Crippen LogP contribution is -2.50. The van der Waals surface area contributed by atoms with Crippen LogP contribution in [0, 0.1) is 0 Å². The number of rotatable bonds is 3. The highest BCUT2D eigenvalue weighted by Gasteiger charge is 2.23. The van der Waals surface area contributed by atoms with Gasteiger partial charge in [-0.3, -0.25) is 9.69 Å². The van der Waals surface area contributed by atoms with Crippen LogP contribution in [0.1, 0.15) is 36.8 Å². The highest BCUT2D eigenvalue weighted by atomic mass is 35.5. The van der Waals surface area contributed by atoms with Crippen molar-refractivity contribution >= 4 is 17.5 Å². The molecule has 4 nitrogen and oxygen atoms in total. The first kappa shape index (κ1) is 15.3. The van der Waals surface area contributed by atoms with E-state index in [4.69, 9.17) is 11.6 Å². The Morgan fingerprint density at radius 2 is 1.95 bits per heavy atom. The Morgan fingerprint density at radius 3 is 2.50 bits per heavy atom. The number of carbonyl (C=O) groups excluding carboxylic acids is 1. The van der Waals surface area contributed by atoms with Crippen molar-refractivity contribution in [1.29, 1.82) is 0 Å². The molecule has 1 aromatic heterocycles. The molecule has 0 bridgehead atoms. The summed E-state index contributed by atoms with van der Waals surface area (Å²) >= 11 is 5.99. The molecule has 110 valence electrons. The average Bonchev–Trinajstić information content (AvgIpc) is 2.45. The highest BCUT2D eigenvalue weighted by molar-refractivity contribution is 6.29. The predicted molar refractivity (Wildman–Crippen MR) is 81.2 cm³/mol. The first-order valence-corrected chi connectivity index (χ1v) is 7.59. The summed E-state index contributed by atoms with van der Waals surface area (Å²) in [6.07, 6.45) is 0.780. The van der Waals surface area contributed by atoms with Crippen molar-refractivity contribution < 1.29 is 4.79 Å². The van der Waals surface area contributed by atoms with Gasteiger partial charge in [-0.05, 0) is 32.4 Å². The Morgan fingerprint density at radius 1 is 1.30 bits per heavy atom. The van der Waals surface area contributed by atoms with Gasteiger partial charge in [0.25, 0.3) is 5.91 Å². The van der Waals surface area contributed by atoms with E-state index in [-0.39, 0.29) is 5.91 Å². The minimum Gasteiger partial charge on any atom is -0.336 e. The van der Waals surface area contributed by atoms with Crippen LogP contribution in [-0.4, -0.2) is 52.9 Å². The number of pyridine rings is 1. The number of amides is 1. The van der Waals surface area contributed by atoms with Crippen LogP contribution < -0.4 is 0 Å². The van der Waals surface area contributed by atoms with Crippen LogP contribution >= 0.6 is 11.6 Å². The van der Waals surface area contributed by atoms with Gasteiger partial charge in [-0.25, -0.2) is 4.98 Å². The molecular weight excluding hydrogens is 274 g/mol. The molecule has 0 aromatic carbocycles. The largest absolute Gasteiger partial charge is 0.336 e. The fourth-order valence-electron chi connectivity index (χ4n) is 2.48. The van der Waals surface area contributed by atoms with Crippen LogP contribution in [0.15, 0.2) is 12.1 Å². The smallest absolute Gasteiger partial charge is 0.254 e. The van der Waals surface area contributed by atoms with Crippen molar-refractivity contribution in [2.75, 3.05) is 26.2 Å². The van der Waals surface area contributed by atoms with Crippen molar-refractivity contribution in [3.8, 4) is 0 Å². The van der Waals surface area contributed by atoms with Gasteiger partial charge in [0.2, 0.25) is 0 Å². The summed E-state index contributed by atoms with van der Waals surface area (Å²) in [5, 5.41) is 0.397. The van der Waals surface area contributed by atoms with Crippen LogP contribution in [0.3, 0.4) is 0 Å². The molecular formula is C15H22ClN3O. The van der Waals surface area contributed by atoms with Gasteiger partial charge in [-0.15, -0.1) is 0 Å². The molecule has 0 atom stereocenters. The van der Waals surface area contributed by atoms with Crippen LogP contribution in [0.4, 0.5) is 0 Å². The summed E-state index contributed by atoms with van der Waals surface area (Å²) in [6, 6.07) is 4.05. The molecule has 1 saturated heterocycles. The van der Waals surface area contributed by atoms with Gasteiger partial charge in [0, 0.05) is 43.5 Å². The number of halogens is 1. The van der Waals surface area contributed by atoms with Gasteiger partial charge in [0.05, 0.1) is 0 Å². The Labute approximate surface area is 125 Å². The molecule has 1 aliphatic rings. The van der Waals surface area contributed by atoms with E-state index in [9.17, 15) is 4.79 Å². The Hall–Kier alpha value is -1.13. The molecule has 1 aromatic rings. The number of nitrogens with zero attached hydrogens (tertiary/aromatic N) is 3. The average molecular weight is 296 g/mol. The van der Waals surface area contributed by atoms with Gasteiger partial charge >= 0.3 is 0 Å². The quantitative estimate of drug-likeness (QED) is 0.804. The van der Waals surface area contributed by atoms with Crippen molar-refractivity contribution in [3.63, 3.8) is 0 Å². The molecule has 0 radical (unpaired) electrons. The molecule has 5 heteroatoms. The molecule has 2 rings (SSSR count). The van der Waals surface area contributed by atoms with Crippen molar-refractivity contribution in [1.82, 2.24) is 14.8 Å². The van der Waals surface area contributed by atoms with Gasteiger partial charge in [-0.1, -0.05) is 18.5 Å². The summed E-state index contributed by atoms with van der Waals surface area (Å²) in [4.78, 5) is 21.0. The Bertz CT molecular complexity index is 482. The van der Waals surface area contributed by atoms with Crippen molar-refractivity contribution in [2.45, 2.75) is 33.2 Å². The SMILES string of the molecule is CCc1cc(C(=O)N2CCN(C(C)C)CC2)cc(Cl)n1. The number of piperazine rings is 1. The van der Waals surface area contributed by atoms with Crippen molar-refractivity contribution in [3.05, 3.63) is 28.5 Å².